The molecule has 108 valence electrons. The molecule has 5 nitrogen and oxygen atoms in total. The van der Waals surface area contributed by atoms with Gasteiger partial charge >= 0.3 is 0 Å². The standard InChI is InChI=1S/C14H18N2O3S/c1-2-19-11-5-3-10(4-6-11)15-14(18)12-9-20-8-7-13(17)16-12/h3-6,12H,2,7-9H2,1H3,(H,15,18)(H,16,17). The average molecular weight is 294 g/mol. The first-order valence-electron chi connectivity index (χ1n) is 6.60. The fourth-order valence-electron chi connectivity index (χ4n) is 1.85. The quantitative estimate of drug-likeness (QED) is 0.886. The Hall–Kier alpha value is -1.69. The summed E-state index contributed by atoms with van der Waals surface area (Å²) in [6.07, 6.45) is 0.470. The Kier molecular flexibility index (Phi) is 5.29. The lowest BCUT2D eigenvalue weighted by atomic mass is 10.2. The van der Waals surface area contributed by atoms with Gasteiger partial charge in [0.2, 0.25) is 11.8 Å². The predicted molar refractivity (Wildman–Crippen MR) is 80.1 cm³/mol. The number of carbonyl (C=O) groups excluding carboxylic acids is 2. The molecule has 2 N–H and O–H groups in total. The van der Waals surface area contributed by atoms with Crippen LogP contribution in [0.15, 0.2) is 24.3 Å². The number of benzene rings is 1. The third-order valence-corrected chi connectivity index (χ3v) is 3.90. The molecule has 1 aliphatic rings. The zero-order valence-electron chi connectivity index (χ0n) is 11.3. The van der Waals surface area contributed by atoms with Crippen molar-refractivity contribution in [3.05, 3.63) is 24.3 Å². The van der Waals surface area contributed by atoms with Crippen LogP contribution in [-0.2, 0) is 9.59 Å². The molecular formula is C14H18N2O3S. The van der Waals surface area contributed by atoms with Crippen molar-refractivity contribution in [1.82, 2.24) is 5.32 Å². The first-order chi connectivity index (χ1) is 9.69. The summed E-state index contributed by atoms with van der Waals surface area (Å²) in [5.74, 6) is 1.88. The van der Waals surface area contributed by atoms with Gasteiger partial charge in [0, 0.05) is 23.6 Å². The highest BCUT2D eigenvalue weighted by molar-refractivity contribution is 7.99. The number of carbonyl (C=O) groups is 2. The van der Waals surface area contributed by atoms with E-state index in [0.717, 1.165) is 11.5 Å². The number of hydrogen-bond acceptors (Lipinski definition) is 4. The third-order valence-electron chi connectivity index (χ3n) is 2.84. The van der Waals surface area contributed by atoms with Crippen LogP contribution >= 0.6 is 11.8 Å². The van der Waals surface area contributed by atoms with Gasteiger partial charge in [-0.1, -0.05) is 0 Å². The van der Waals surface area contributed by atoms with Gasteiger partial charge in [-0.25, -0.2) is 0 Å². The van der Waals surface area contributed by atoms with Crippen LogP contribution in [-0.4, -0.2) is 36.0 Å². The molecule has 1 unspecified atom stereocenters. The molecule has 1 aliphatic heterocycles. The van der Waals surface area contributed by atoms with Crippen LogP contribution in [0.3, 0.4) is 0 Å². The van der Waals surface area contributed by atoms with Gasteiger partial charge in [0.15, 0.2) is 0 Å². The van der Waals surface area contributed by atoms with Crippen LogP contribution in [0, 0.1) is 0 Å². The van der Waals surface area contributed by atoms with Crippen molar-refractivity contribution in [2.24, 2.45) is 0 Å². The van der Waals surface area contributed by atoms with Crippen molar-refractivity contribution in [2.75, 3.05) is 23.4 Å². The van der Waals surface area contributed by atoms with E-state index in [2.05, 4.69) is 10.6 Å². The first kappa shape index (κ1) is 14.7. The maximum atomic E-state index is 12.1. The lowest BCUT2D eigenvalue weighted by Crippen LogP contribution is -2.44. The minimum Gasteiger partial charge on any atom is -0.494 e. The molecule has 6 heteroatoms. The highest BCUT2D eigenvalue weighted by Gasteiger charge is 2.23. The lowest BCUT2D eigenvalue weighted by Gasteiger charge is -2.15. The summed E-state index contributed by atoms with van der Waals surface area (Å²) in [6, 6.07) is 6.71. The van der Waals surface area contributed by atoms with Gasteiger partial charge in [-0.05, 0) is 31.2 Å². The van der Waals surface area contributed by atoms with Crippen LogP contribution < -0.4 is 15.4 Å². The second kappa shape index (κ2) is 7.19. The van der Waals surface area contributed by atoms with E-state index in [1.165, 1.54) is 0 Å². The number of nitrogens with one attached hydrogen (secondary N) is 2. The van der Waals surface area contributed by atoms with E-state index in [-0.39, 0.29) is 11.8 Å². The van der Waals surface area contributed by atoms with Crippen LogP contribution in [0.4, 0.5) is 5.69 Å². The second-order valence-corrected chi connectivity index (χ2v) is 5.54. The Morgan fingerprint density at radius 3 is 2.90 bits per heavy atom. The van der Waals surface area contributed by atoms with E-state index in [9.17, 15) is 9.59 Å². The summed E-state index contributed by atoms with van der Waals surface area (Å²) in [5.41, 5.74) is 0.696. The van der Waals surface area contributed by atoms with Crippen LogP contribution in [0.25, 0.3) is 0 Å². The third kappa shape index (κ3) is 4.16. The molecule has 0 saturated carbocycles. The smallest absolute Gasteiger partial charge is 0.247 e. The first-order valence-corrected chi connectivity index (χ1v) is 7.75. The highest BCUT2D eigenvalue weighted by atomic mass is 32.2. The summed E-state index contributed by atoms with van der Waals surface area (Å²) in [5, 5.41) is 5.54. The Bertz CT molecular complexity index is 476. The molecule has 2 rings (SSSR count). The van der Waals surface area contributed by atoms with Crippen LogP contribution in [0.2, 0.25) is 0 Å². The molecule has 0 radical (unpaired) electrons. The Morgan fingerprint density at radius 1 is 1.45 bits per heavy atom. The Balaban J connectivity index is 1.94. The fraction of sp³-hybridized carbons (Fsp3) is 0.429. The number of hydrogen-bond donors (Lipinski definition) is 2. The number of anilines is 1. The molecule has 1 atom stereocenters. The van der Waals surface area contributed by atoms with Gasteiger partial charge in [0.1, 0.15) is 11.8 Å². The van der Waals surface area contributed by atoms with Gasteiger partial charge in [-0.3, -0.25) is 9.59 Å². The van der Waals surface area contributed by atoms with E-state index in [1.807, 2.05) is 6.92 Å². The molecule has 0 bridgehead atoms. The molecule has 1 aromatic carbocycles. The molecule has 1 heterocycles. The van der Waals surface area contributed by atoms with Crippen molar-refractivity contribution in [3.63, 3.8) is 0 Å². The van der Waals surface area contributed by atoms with Crippen LogP contribution in [0.1, 0.15) is 13.3 Å². The number of rotatable bonds is 4. The number of ether oxygens (including phenoxy) is 1. The summed E-state index contributed by atoms with van der Waals surface area (Å²) < 4.78 is 5.34. The minimum atomic E-state index is -0.471. The Labute approximate surface area is 122 Å². The van der Waals surface area contributed by atoms with E-state index in [1.54, 1.807) is 36.0 Å². The van der Waals surface area contributed by atoms with Crippen LogP contribution in [0.5, 0.6) is 5.75 Å². The van der Waals surface area contributed by atoms with Crippen molar-refractivity contribution in [2.45, 2.75) is 19.4 Å². The maximum absolute atomic E-state index is 12.1. The van der Waals surface area contributed by atoms with E-state index in [4.69, 9.17) is 4.74 Å². The van der Waals surface area contributed by atoms with Gasteiger partial charge in [0.25, 0.3) is 0 Å². The van der Waals surface area contributed by atoms with Crippen molar-refractivity contribution >= 4 is 29.3 Å². The molecule has 0 aliphatic carbocycles. The predicted octanol–water partition coefficient (Wildman–Crippen LogP) is 1.65. The van der Waals surface area contributed by atoms with Crippen molar-refractivity contribution in [1.29, 1.82) is 0 Å². The lowest BCUT2D eigenvalue weighted by molar-refractivity contribution is -0.125. The molecule has 20 heavy (non-hydrogen) atoms. The normalized spacial score (nSPS) is 18.9. The van der Waals surface area contributed by atoms with Gasteiger partial charge < -0.3 is 15.4 Å². The van der Waals surface area contributed by atoms with E-state index >= 15 is 0 Å². The van der Waals surface area contributed by atoms with Gasteiger partial charge in [0.05, 0.1) is 6.61 Å². The van der Waals surface area contributed by atoms with Gasteiger partial charge in [-0.2, -0.15) is 11.8 Å². The monoisotopic (exact) mass is 294 g/mol. The minimum absolute atomic E-state index is 0.0677. The molecular weight excluding hydrogens is 276 g/mol. The average Bonchev–Trinajstić information content (AvgIpc) is 2.66. The summed E-state index contributed by atoms with van der Waals surface area (Å²) in [4.78, 5) is 23.6. The molecule has 1 saturated heterocycles. The largest absolute Gasteiger partial charge is 0.494 e. The molecule has 0 spiro atoms. The SMILES string of the molecule is CCOc1ccc(NC(=O)C2CSCCC(=O)N2)cc1. The topological polar surface area (TPSA) is 67.4 Å². The summed E-state index contributed by atoms with van der Waals surface area (Å²) >= 11 is 1.61. The number of amides is 2. The maximum Gasteiger partial charge on any atom is 0.247 e. The fourth-order valence-corrected chi connectivity index (χ4v) is 2.81. The zero-order chi connectivity index (χ0) is 14.4. The molecule has 1 fully saturated rings. The summed E-state index contributed by atoms with van der Waals surface area (Å²) in [6.45, 7) is 2.53. The van der Waals surface area contributed by atoms with Crippen molar-refractivity contribution < 1.29 is 14.3 Å². The molecule has 1 aromatic rings. The van der Waals surface area contributed by atoms with Crippen molar-refractivity contribution in [3.8, 4) is 5.75 Å². The second-order valence-electron chi connectivity index (χ2n) is 4.39. The molecule has 2 amide bonds. The zero-order valence-corrected chi connectivity index (χ0v) is 12.2. The Morgan fingerprint density at radius 2 is 2.20 bits per heavy atom. The van der Waals surface area contributed by atoms with E-state index in [0.29, 0.717) is 24.5 Å². The molecule has 0 aromatic heterocycles. The van der Waals surface area contributed by atoms with E-state index < -0.39 is 6.04 Å². The highest BCUT2D eigenvalue weighted by Crippen LogP contribution is 2.17. The number of thioether (sulfide) groups is 1. The van der Waals surface area contributed by atoms with Gasteiger partial charge in [-0.15, -0.1) is 0 Å². The summed E-state index contributed by atoms with van der Waals surface area (Å²) in [7, 11) is 0.